The van der Waals surface area contributed by atoms with Crippen LogP contribution in [0.25, 0.3) is 0 Å². The molecule has 1 rings (SSSR count). The number of hydrogen-bond donors (Lipinski definition) is 1. The predicted octanol–water partition coefficient (Wildman–Crippen LogP) is 2.95. The molecule has 1 atom stereocenters. The van der Waals surface area contributed by atoms with Gasteiger partial charge in [-0.15, -0.1) is 12.3 Å². The molecule has 1 unspecified atom stereocenters. The fourth-order valence-electron chi connectivity index (χ4n) is 1.17. The maximum absolute atomic E-state index is 5.23. The van der Waals surface area contributed by atoms with Crippen molar-refractivity contribution in [3.63, 3.8) is 0 Å². The summed E-state index contributed by atoms with van der Waals surface area (Å²) in [6, 6.07) is 8.56. The third kappa shape index (κ3) is 3.53. The molecular weight excluding hydrogens is 238 g/mol. The molecule has 0 heterocycles. The van der Waals surface area contributed by atoms with Gasteiger partial charge in [0.1, 0.15) is 0 Å². The Morgan fingerprint density at radius 3 is 2.86 bits per heavy atom. The van der Waals surface area contributed by atoms with E-state index in [9.17, 15) is 0 Å². The van der Waals surface area contributed by atoms with E-state index < -0.39 is 0 Å². The number of rotatable bonds is 4. The van der Waals surface area contributed by atoms with Crippen molar-refractivity contribution in [2.24, 2.45) is 0 Å². The van der Waals surface area contributed by atoms with Crippen LogP contribution >= 0.6 is 15.9 Å². The van der Waals surface area contributed by atoms with Crippen molar-refractivity contribution < 1.29 is 0 Å². The van der Waals surface area contributed by atoms with E-state index in [1.54, 1.807) is 0 Å². The summed E-state index contributed by atoms with van der Waals surface area (Å²) in [5.74, 6) is 2.64. The monoisotopic (exact) mass is 251 g/mol. The largest absolute Gasteiger partial charge is 0.309 e. The maximum atomic E-state index is 5.23. The molecule has 0 aliphatic rings. The average Bonchev–Trinajstić information content (AvgIpc) is 2.17. The van der Waals surface area contributed by atoms with E-state index in [2.05, 4.69) is 40.2 Å². The molecule has 1 aromatic carbocycles. The molecule has 0 aliphatic heterocycles. The third-order valence-electron chi connectivity index (χ3n) is 2.02. The molecule has 0 aliphatic carbocycles. The third-order valence-corrected chi connectivity index (χ3v) is 2.80. The van der Waals surface area contributed by atoms with E-state index >= 15 is 0 Å². The smallest absolute Gasteiger partial charge is 0.0238 e. The SMILES string of the molecule is C#CCC(C)NCc1ccccc1Br. The highest BCUT2D eigenvalue weighted by atomic mass is 79.9. The zero-order valence-electron chi connectivity index (χ0n) is 8.26. The van der Waals surface area contributed by atoms with Gasteiger partial charge in [-0.1, -0.05) is 34.1 Å². The molecule has 0 spiro atoms. The Balaban J connectivity index is 2.46. The van der Waals surface area contributed by atoms with Crippen molar-refractivity contribution in [3.05, 3.63) is 34.3 Å². The molecule has 2 heteroatoms. The van der Waals surface area contributed by atoms with Crippen LogP contribution in [0.15, 0.2) is 28.7 Å². The highest BCUT2D eigenvalue weighted by molar-refractivity contribution is 9.10. The summed E-state index contributed by atoms with van der Waals surface area (Å²) in [5, 5.41) is 3.37. The van der Waals surface area contributed by atoms with E-state index in [0.29, 0.717) is 6.04 Å². The Morgan fingerprint density at radius 1 is 1.50 bits per heavy atom. The summed E-state index contributed by atoms with van der Waals surface area (Å²) in [6.45, 7) is 2.95. The van der Waals surface area contributed by atoms with Gasteiger partial charge in [0.15, 0.2) is 0 Å². The molecule has 0 saturated carbocycles. The van der Waals surface area contributed by atoms with E-state index in [1.807, 2.05) is 18.2 Å². The number of terminal acetylenes is 1. The topological polar surface area (TPSA) is 12.0 Å². The van der Waals surface area contributed by atoms with Crippen LogP contribution in [0.3, 0.4) is 0 Å². The molecule has 1 N–H and O–H groups in total. The van der Waals surface area contributed by atoms with Crippen molar-refractivity contribution in [3.8, 4) is 12.3 Å². The van der Waals surface area contributed by atoms with Crippen LogP contribution in [0.4, 0.5) is 0 Å². The van der Waals surface area contributed by atoms with Crippen LogP contribution in [-0.4, -0.2) is 6.04 Å². The van der Waals surface area contributed by atoms with Crippen LogP contribution in [0.5, 0.6) is 0 Å². The van der Waals surface area contributed by atoms with Crippen LogP contribution in [0.1, 0.15) is 18.9 Å². The molecule has 0 radical (unpaired) electrons. The molecule has 0 saturated heterocycles. The lowest BCUT2D eigenvalue weighted by molar-refractivity contribution is 0.558. The van der Waals surface area contributed by atoms with Crippen LogP contribution in [0, 0.1) is 12.3 Å². The summed E-state index contributed by atoms with van der Waals surface area (Å²) in [4.78, 5) is 0. The first-order valence-electron chi connectivity index (χ1n) is 4.64. The number of hydrogen-bond acceptors (Lipinski definition) is 1. The van der Waals surface area contributed by atoms with Gasteiger partial charge in [0.25, 0.3) is 0 Å². The number of halogens is 1. The van der Waals surface area contributed by atoms with E-state index in [4.69, 9.17) is 6.42 Å². The van der Waals surface area contributed by atoms with E-state index in [0.717, 1.165) is 17.4 Å². The molecule has 1 nitrogen and oxygen atoms in total. The Bertz CT molecular complexity index is 327. The Hall–Kier alpha value is -0.780. The molecular formula is C12H14BrN. The van der Waals surface area contributed by atoms with Crippen molar-refractivity contribution in [1.29, 1.82) is 0 Å². The normalized spacial score (nSPS) is 12.1. The fraction of sp³-hybridized carbons (Fsp3) is 0.333. The Labute approximate surface area is 94.0 Å². The zero-order chi connectivity index (χ0) is 10.4. The van der Waals surface area contributed by atoms with Gasteiger partial charge < -0.3 is 5.32 Å². The average molecular weight is 252 g/mol. The first-order valence-corrected chi connectivity index (χ1v) is 5.43. The first kappa shape index (κ1) is 11.3. The van der Waals surface area contributed by atoms with Crippen molar-refractivity contribution in [1.82, 2.24) is 5.32 Å². The van der Waals surface area contributed by atoms with Gasteiger partial charge in [-0.25, -0.2) is 0 Å². The minimum Gasteiger partial charge on any atom is -0.309 e. The summed E-state index contributed by atoms with van der Waals surface area (Å²) in [5.41, 5.74) is 1.26. The van der Waals surface area contributed by atoms with Crippen molar-refractivity contribution in [2.75, 3.05) is 0 Å². The lowest BCUT2D eigenvalue weighted by Gasteiger charge is -2.11. The standard InChI is InChI=1S/C12H14BrN/c1-3-6-10(2)14-9-11-7-4-5-8-12(11)13/h1,4-5,7-8,10,14H,6,9H2,2H3. The van der Waals surface area contributed by atoms with E-state index in [1.165, 1.54) is 5.56 Å². The summed E-state index contributed by atoms with van der Waals surface area (Å²) < 4.78 is 1.14. The lowest BCUT2D eigenvalue weighted by Crippen LogP contribution is -2.24. The van der Waals surface area contributed by atoms with Crippen LogP contribution in [0.2, 0.25) is 0 Å². The van der Waals surface area contributed by atoms with Crippen LogP contribution in [-0.2, 0) is 6.54 Å². The maximum Gasteiger partial charge on any atom is 0.0238 e. The number of benzene rings is 1. The quantitative estimate of drug-likeness (QED) is 0.812. The molecule has 0 aromatic heterocycles. The van der Waals surface area contributed by atoms with Gasteiger partial charge in [-0.2, -0.15) is 0 Å². The van der Waals surface area contributed by atoms with Crippen LogP contribution < -0.4 is 5.32 Å². The second-order valence-corrected chi connectivity index (χ2v) is 4.14. The Kier molecular flexibility index (Phi) is 4.72. The highest BCUT2D eigenvalue weighted by Crippen LogP contribution is 2.15. The molecule has 0 amide bonds. The zero-order valence-corrected chi connectivity index (χ0v) is 9.84. The summed E-state index contributed by atoms with van der Waals surface area (Å²) >= 11 is 3.51. The molecule has 0 bridgehead atoms. The van der Waals surface area contributed by atoms with Gasteiger partial charge in [0.05, 0.1) is 0 Å². The predicted molar refractivity (Wildman–Crippen MR) is 63.9 cm³/mol. The molecule has 14 heavy (non-hydrogen) atoms. The minimum absolute atomic E-state index is 0.368. The minimum atomic E-state index is 0.368. The van der Waals surface area contributed by atoms with Gasteiger partial charge in [0.2, 0.25) is 0 Å². The highest BCUT2D eigenvalue weighted by Gasteiger charge is 2.01. The van der Waals surface area contributed by atoms with Gasteiger partial charge in [-0.3, -0.25) is 0 Å². The fourth-order valence-corrected chi connectivity index (χ4v) is 1.60. The second-order valence-electron chi connectivity index (χ2n) is 3.28. The second kappa shape index (κ2) is 5.85. The van der Waals surface area contributed by atoms with Gasteiger partial charge >= 0.3 is 0 Å². The first-order chi connectivity index (χ1) is 6.74. The summed E-state index contributed by atoms with van der Waals surface area (Å²) in [7, 11) is 0. The summed E-state index contributed by atoms with van der Waals surface area (Å²) in [6.07, 6.45) is 6.00. The van der Waals surface area contributed by atoms with Gasteiger partial charge in [0, 0.05) is 23.5 Å². The van der Waals surface area contributed by atoms with Gasteiger partial charge in [-0.05, 0) is 18.6 Å². The molecule has 1 aromatic rings. The Morgan fingerprint density at radius 2 is 2.21 bits per heavy atom. The number of nitrogens with one attached hydrogen (secondary N) is 1. The lowest BCUT2D eigenvalue weighted by atomic mass is 10.2. The van der Waals surface area contributed by atoms with Crippen molar-refractivity contribution in [2.45, 2.75) is 25.9 Å². The molecule has 74 valence electrons. The van der Waals surface area contributed by atoms with E-state index in [-0.39, 0.29) is 0 Å². The van der Waals surface area contributed by atoms with Crippen molar-refractivity contribution >= 4 is 15.9 Å². The molecule has 0 fully saturated rings.